The number of hydrogen-bond acceptors (Lipinski definition) is 5. The van der Waals surface area contributed by atoms with Crippen molar-refractivity contribution >= 4 is 0 Å². The molecule has 1 atom stereocenters. The Hall–Kier alpha value is -1.75. The number of pyridine rings is 1. The largest absolute Gasteiger partial charge is 0.337 e. The summed E-state index contributed by atoms with van der Waals surface area (Å²) in [7, 11) is 0. The highest BCUT2D eigenvalue weighted by molar-refractivity contribution is 5.51. The molecule has 0 saturated heterocycles. The smallest absolute Gasteiger partial charge is 0.243 e. The van der Waals surface area contributed by atoms with E-state index in [9.17, 15) is 0 Å². The Kier molecular flexibility index (Phi) is 3.26. The fraction of sp³-hybridized carbons (Fsp3) is 0.364. The maximum atomic E-state index is 5.89. The van der Waals surface area contributed by atoms with E-state index >= 15 is 0 Å². The second kappa shape index (κ2) is 4.85. The number of rotatable bonds is 4. The minimum Gasteiger partial charge on any atom is -0.337 e. The predicted octanol–water partition coefficient (Wildman–Crippen LogP) is 1.93. The van der Waals surface area contributed by atoms with Gasteiger partial charge < -0.3 is 10.3 Å². The Morgan fingerprint density at radius 3 is 3.06 bits per heavy atom. The Bertz CT molecular complexity index is 440. The summed E-state index contributed by atoms with van der Waals surface area (Å²) in [5.41, 5.74) is 6.72. The van der Waals surface area contributed by atoms with E-state index in [1.165, 1.54) is 0 Å². The van der Waals surface area contributed by atoms with Crippen molar-refractivity contribution in [1.29, 1.82) is 0 Å². The van der Waals surface area contributed by atoms with E-state index in [1.807, 2.05) is 12.1 Å². The van der Waals surface area contributed by atoms with Gasteiger partial charge in [0, 0.05) is 18.0 Å². The van der Waals surface area contributed by atoms with Gasteiger partial charge in [0.15, 0.2) is 0 Å². The SMILES string of the molecule is CCC[C@H](N)c1nc(-c2cccnc2)no1. The Morgan fingerprint density at radius 1 is 1.50 bits per heavy atom. The molecule has 0 aliphatic carbocycles. The van der Waals surface area contributed by atoms with Gasteiger partial charge in [-0.25, -0.2) is 0 Å². The highest BCUT2D eigenvalue weighted by atomic mass is 16.5. The van der Waals surface area contributed by atoms with Crippen LogP contribution in [0, 0.1) is 0 Å². The van der Waals surface area contributed by atoms with Gasteiger partial charge in [-0.2, -0.15) is 4.98 Å². The third-order valence-corrected chi connectivity index (χ3v) is 2.28. The molecular formula is C11H14N4O. The molecule has 0 aliphatic rings. The topological polar surface area (TPSA) is 77.8 Å². The third kappa shape index (κ3) is 2.25. The number of nitrogens with two attached hydrogens (primary N) is 1. The van der Waals surface area contributed by atoms with Crippen molar-refractivity contribution in [2.75, 3.05) is 0 Å². The van der Waals surface area contributed by atoms with Crippen LogP contribution in [0.5, 0.6) is 0 Å². The molecule has 5 nitrogen and oxygen atoms in total. The molecule has 2 N–H and O–H groups in total. The monoisotopic (exact) mass is 218 g/mol. The second-order valence-corrected chi connectivity index (χ2v) is 3.59. The summed E-state index contributed by atoms with van der Waals surface area (Å²) >= 11 is 0. The molecule has 0 radical (unpaired) electrons. The lowest BCUT2D eigenvalue weighted by Crippen LogP contribution is -2.09. The first-order chi connectivity index (χ1) is 7.81. The molecule has 0 aliphatic heterocycles. The first-order valence-corrected chi connectivity index (χ1v) is 5.31. The Balaban J connectivity index is 2.20. The van der Waals surface area contributed by atoms with E-state index in [0.29, 0.717) is 11.7 Å². The quantitative estimate of drug-likeness (QED) is 0.848. The fourth-order valence-electron chi connectivity index (χ4n) is 1.43. The molecule has 0 amide bonds. The van der Waals surface area contributed by atoms with Crippen LogP contribution in [0.2, 0.25) is 0 Å². The first kappa shape index (κ1) is 10.8. The molecule has 5 heteroatoms. The van der Waals surface area contributed by atoms with Crippen molar-refractivity contribution in [3.63, 3.8) is 0 Å². The van der Waals surface area contributed by atoms with Gasteiger partial charge >= 0.3 is 0 Å². The highest BCUT2D eigenvalue weighted by Crippen LogP contribution is 2.18. The van der Waals surface area contributed by atoms with Crippen molar-refractivity contribution in [3.8, 4) is 11.4 Å². The van der Waals surface area contributed by atoms with Crippen LogP contribution in [0.1, 0.15) is 31.7 Å². The molecule has 2 heterocycles. The average Bonchev–Trinajstić information content (AvgIpc) is 2.80. The summed E-state index contributed by atoms with van der Waals surface area (Å²) in [5, 5.41) is 3.88. The summed E-state index contributed by atoms with van der Waals surface area (Å²) in [6.45, 7) is 2.07. The van der Waals surface area contributed by atoms with E-state index in [4.69, 9.17) is 10.3 Å². The zero-order chi connectivity index (χ0) is 11.4. The van der Waals surface area contributed by atoms with Gasteiger partial charge in [0.2, 0.25) is 11.7 Å². The lowest BCUT2D eigenvalue weighted by molar-refractivity contribution is 0.348. The molecule has 0 bridgehead atoms. The maximum Gasteiger partial charge on any atom is 0.243 e. The summed E-state index contributed by atoms with van der Waals surface area (Å²) in [6, 6.07) is 3.53. The van der Waals surface area contributed by atoms with E-state index in [0.717, 1.165) is 18.4 Å². The van der Waals surface area contributed by atoms with Crippen molar-refractivity contribution < 1.29 is 4.52 Å². The van der Waals surface area contributed by atoms with Gasteiger partial charge in [-0.3, -0.25) is 4.98 Å². The van der Waals surface area contributed by atoms with E-state index in [1.54, 1.807) is 12.4 Å². The fourth-order valence-corrected chi connectivity index (χ4v) is 1.43. The lowest BCUT2D eigenvalue weighted by Gasteiger charge is -2.01. The van der Waals surface area contributed by atoms with Gasteiger partial charge in [0.25, 0.3) is 0 Å². The first-order valence-electron chi connectivity index (χ1n) is 5.31. The average molecular weight is 218 g/mol. The van der Waals surface area contributed by atoms with Crippen LogP contribution in [0.15, 0.2) is 29.0 Å². The summed E-state index contributed by atoms with van der Waals surface area (Å²) in [4.78, 5) is 8.25. The molecule has 0 aromatic carbocycles. The van der Waals surface area contributed by atoms with Crippen molar-refractivity contribution in [2.24, 2.45) is 5.73 Å². The summed E-state index contributed by atoms with van der Waals surface area (Å²) < 4.78 is 5.12. The molecule has 16 heavy (non-hydrogen) atoms. The highest BCUT2D eigenvalue weighted by Gasteiger charge is 2.14. The standard InChI is InChI=1S/C11H14N4O/c1-2-4-9(12)11-14-10(15-16-11)8-5-3-6-13-7-8/h3,5-7,9H,2,4,12H2,1H3/t9-/m0/s1. The Labute approximate surface area is 93.7 Å². The molecule has 2 aromatic rings. The zero-order valence-electron chi connectivity index (χ0n) is 9.13. The van der Waals surface area contributed by atoms with Crippen LogP contribution in [0.3, 0.4) is 0 Å². The van der Waals surface area contributed by atoms with Gasteiger partial charge in [-0.05, 0) is 18.6 Å². The van der Waals surface area contributed by atoms with Crippen LogP contribution >= 0.6 is 0 Å². The van der Waals surface area contributed by atoms with E-state index < -0.39 is 0 Å². The van der Waals surface area contributed by atoms with Crippen molar-refractivity contribution in [2.45, 2.75) is 25.8 Å². The van der Waals surface area contributed by atoms with E-state index in [2.05, 4.69) is 22.0 Å². The van der Waals surface area contributed by atoms with Crippen LogP contribution in [0.25, 0.3) is 11.4 Å². The van der Waals surface area contributed by atoms with E-state index in [-0.39, 0.29) is 6.04 Å². The normalized spacial score (nSPS) is 12.6. The minimum atomic E-state index is -0.178. The number of nitrogens with zero attached hydrogens (tertiary/aromatic N) is 3. The van der Waals surface area contributed by atoms with Crippen LogP contribution in [0.4, 0.5) is 0 Å². The van der Waals surface area contributed by atoms with Gasteiger partial charge in [-0.15, -0.1) is 0 Å². The molecule has 0 saturated carbocycles. The second-order valence-electron chi connectivity index (χ2n) is 3.59. The van der Waals surface area contributed by atoms with Crippen LogP contribution in [-0.4, -0.2) is 15.1 Å². The predicted molar refractivity (Wildman–Crippen MR) is 59.4 cm³/mol. The van der Waals surface area contributed by atoms with Crippen molar-refractivity contribution in [1.82, 2.24) is 15.1 Å². The van der Waals surface area contributed by atoms with Gasteiger partial charge in [0.05, 0.1) is 6.04 Å². The minimum absolute atomic E-state index is 0.178. The van der Waals surface area contributed by atoms with Crippen LogP contribution in [-0.2, 0) is 0 Å². The lowest BCUT2D eigenvalue weighted by atomic mass is 10.2. The molecule has 0 unspecified atom stereocenters. The maximum absolute atomic E-state index is 5.89. The molecule has 84 valence electrons. The zero-order valence-corrected chi connectivity index (χ0v) is 9.13. The van der Waals surface area contributed by atoms with Gasteiger partial charge in [0.1, 0.15) is 0 Å². The molecular weight excluding hydrogens is 204 g/mol. The summed E-state index contributed by atoms with van der Waals surface area (Å²) in [5.74, 6) is 1.02. The van der Waals surface area contributed by atoms with Crippen molar-refractivity contribution in [3.05, 3.63) is 30.4 Å². The van der Waals surface area contributed by atoms with Gasteiger partial charge in [-0.1, -0.05) is 18.5 Å². The number of hydrogen-bond donors (Lipinski definition) is 1. The number of aromatic nitrogens is 3. The molecule has 2 rings (SSSR count). The molecule has 0 spiro atoms. The molecule has 0 fully saturated rings. The molecule has 2 aromatic heterocycles. The third-order valence-electron chi connectivity index (χ3n) is 2.28. The Morgan fingerprint density at radius 2 is 2.38 bits per heavy atom. The van der Waals surface area contributed by atoms with Crippen LogP contribution < -0.4 is 5.73 Å². The summed E-state index contributed by atoms with van der Waals surface area (Å²) in [6.07, 6.45) is 5.23.